The van der Waals surface area contributed by atoms with E-state index in [1.54, 1.807) is 0 Å². The van der Waals surface area contributed by atoms with Gasteiger partial charge in [0, 0.05) is 5.56 Å². The molecule has 0 aliphatic carbocycles. The van der Waals surface area contributed by atoms with E-state index in [4.69, 9.17) is 4.74 Å². The summed E-state index contributed by atoms with van der Waals surface area (Å²) in [4.78, 5) is 0. The molecule has 2 nitrogen and oxygen atoms in total. The molecule has 0 aromatic heterocycles. The number of halogens is 7. The Morgan fingerprint density at radius 3 is 2.20 bits per heavy atom. The number of alkyl halides is 2. The summed E-state index contributed by atoms with van der Waals surface area (Å²) in [7, 11) is 0. The van der Waals surface area contributed by atoms with Crippen LogP contribution in [0.2, 0.25) is 0 Å². The summed E-state index contributed by atoms with van der Waals surface area (Å²) in [5, 5.41) is 0. The summed E-state index contributed by atoms with van der Waals surface area (Å²) in [6.45, 7) is 2.09. The van der Waals surface area contributed by atoms with E-state index in [1.807, 2.05) is 6.92 Å². The van der Waals surface area contributed by atoms with E-state index < -0.39 is 58.2 Å². The maximum Gasteiger partial charge on any atom is 0.424 e. The Labute approximate surface area is 168 Å². The van der Waals surface area contributed by atoms with Crippen LogP contribution in [-0.2, 0) is 4.74 Å². The average Bonchev–Trinajstić information content (AvgIpc) is 2.70. The van der Waals surface area contributed by atoms with Gasteiger partial charge in [-0.1, -0.05) is 13.3 Å². The molecule has 2 atom stereocenters. The predicted octanol–water partition coefficient (Wildman–Crippen LogP) is 6.62. The Hall–Kier alpha value is -2.29. The molecular weight excluding hydrogens is 417 g/mol. The minimum atomic E-state index is -3.92. The molecule has 1 aliphatic rings. The van der Waals surface area contributed by atoms with E-state index in [0.29, 0.717) is 24.6 Å². The Morgan fingerprint density at radius 2 is 1.63 bits per heavy atom. The van der Waals surface area contributed by atoms with E-state index >= 15 is 0 Å². The fourth-order valence-electron chi connectivity index (χ4n) is 3.46. The molecule has 9 heteroatoms. The summed E-state index contributed by atoms with van der Waals surface area (Å²) in [5.74, 6) is -9.33. The summed E-state index contributed by atoms with van der Waals surface area (Å²) >= 11 is 0. The average molecular weight is 436 g/mol. The number of rotatable bonds is 6. The number of hydrogen-bond acceptors (Lipinski definition) is 2. The van der Waals surface area contributed by atoms with Gasteiger partial charge in [-0.15, -0.1) is 0 Å². The molecular formula is C21H19F7O2. The van der Waals surface area contributed by atoms with Crippen LogP contribution < -0.4 is 4.74 Å². The predicted molar refractivity (Wildman–Crippen MR) is 94.6 cm³/mol. The van der Waals surface area contributed by atoms with Crippen molar-refractivity contribution in [2.24, 2.45) is 5.92 Å². The van der Waals surface area contributed by atoms with E-state index in [1.165, 1.54) is 0 Å². The Bertz CT molecular complexity index is 885. The van der Waals surface area contributed by atoms with Gasteiger partial charge in [-0.3, -0.25) is 0 Å². The Kier molecular flexibility index (Phi) is 6.59. The van der Waals surface area contributed by atoms with E-state index in [-0.39, 0.29) is 18.9 Å². The zero-order chi connectivity index (χ0) is 22.1. The van der Waals surface area contributed by atoms with Gasteiger partial charge < -0.3 is 9.47 Å². The SMILES string of the molecule is CCCC1CCC(C(F)(F)Oc2ccc(-c3cc(F)c(F)c(F)c3)c(F)c2F)OC1. The highest BCUT2D eigenvalue weighted by molar-refractivity contribution is 5.65. The molecule has 0 bridgehead atoms. The third kappa shape index (κ3) is 4.55. The molecule has 1 fully saturated rings. The molecule has 0 saturated carbocycles. The number of hydrogen-bond donors (Lipinski definition) is 0. The third-order valence-corrected chi connectivity index (χ3v) is 5.03. The lowest BCUT2D eigenvalue weighted by atomic mass is 9.94. The molecule has 0 amide bonds. The van der Waals surface area contributed by atoms with Crippen molar-refractivity contribution in [1.82, 2.24) is 0 Å². The topological polar surface area (TPSA) is 18.5 Å². The van der Waals surface area contributed by atoms with Gasteiger partial charge in [-0.2, -0.15) is 13.2 Å². The normalized spacial score (nSPS) is 19.7. The van der Waals surface area contributed by atoms with Crippen molar-refractivity contribution in [1.29, 1.82) is 0 Å². The Balaban J connectivity index is 1.80. The van der Waals surface area contributed by atoms with Gasteiger partial charge in [0.1, 0.15) is 0 Å². The minimum absolute atomic E-state index is 0.00597. The van der Waals surface area contributed by atoms with Crippen LogP contribution in [0.15, 0.2) is 24.3 Å². The fraction of sp³-hybridized carbons (Fsp3) is 0.429. The first-order chi connectivity index (χ1) is 14.1. The van der Waals surface area contributed by atoms with Crippen LogP contribution >= 0.6 is 0 Å². The molecule has 0 spiro atoms. The molecule has 2 unspecified atom stereocenters. The van der Waals surface area contributed by atoms with E-state index in [2.05, 4.69) is 4.74 Å². The lowest BCUT2D eigenvalue weighted by molar-refractivity contribution is -0.265. The van der Waals surface area contributed by atoms with Crippen LogP contribution in [0.5, 0.6) is 5.75 Å². The van der Waals surface area contributed by atoms with Crippen LogP contribution in [0.25, 0.3) is 11.1 Å². The monoisotopic (exact) mass is 436 g/mol. The highest BCUT2D eigenvalue weighted by Crippen LogP contribution is 2.37. The number of ether oxygens (including phenoxy) is 2. The largest absolute Gasteiger partial charge is 0.427 e. The number of benzene rings is 2. The summed E-state index contributed by atoms with van der Waals surface area (Å²) in [6, 6.07) is 2.46. The van der Waals surface area contributed by atoms with Crippen molar-refractivity contribution < 1.29 is 40.2 Å². The van der Waals surface area contributed by atoms with Crippen molar-refractivity contribution in [3.05, 3.63) is 53.4 Å². The maximum absolute atomic E-state index is 14.4. The van der Waals surface area contributed by atoms with E-state index in [0.717, 1.165) is 18.9 Å². The second-order valence-corrected chi connectivity index (χ2v) is 7.21. The van der Waals surface area contributed by atoms with Gasteiger partial charge >= 0.3 is 6.11 Å². The first kappa shape index (κ1) is 22.4. The van der Waals surface area contributed by atoms with Crippen LogP contribution in [0.3, 0.4) is 0 Å². The maximum atomic E-state index is 14.4. The molecule has 2 aromatic rings. The highest BCUT2D eigenvalue weighted by atomic mass is 19.3. The highest BCUT2D eigenvalue weighted by Gasteiger charge is 2.46. The molecule has 1 saturated heterocycles. The van der Waals surface area contributed by atoms with Gasteiger partial charge in [-0.25, -0.2) is 17.6 Å². The minimum Gasteiger partial charge on any atom is -0.427 e. The first-order valence-electron chi connectivity index (χ1n) is 9.45. The van der Waals surface area contributed by atoms with E-state index in [9.17, 15) is 30.7 Å². The fourth-order valence-corrected chi connectivity index (χ4v) is 3.46. The molecule has 3 rings (SSSR count). The van der Waals surface area contributed by atoms with Gasteiger partial charge in [0.25, 0.3) is 0 Å². The zero-order valence-electron chi connectivity index (χ0n) is 16.0. The molecule has 1 heterocycles. The second-order valence-electron chi connectivity index (χ2n) is 7.21. The lowest BCUT2D eigenvalue weighted by Gasteiger charge is -2.33. The van der Waals surface area contributed by atoms with Gasteiger partial charge in [0.15, 0.2) is 35.1 Å². The molecule has 0 radical (unpaired) electrons. The summed E-state index contributed by atoms with van der Waals surface area (Å²) < 4.78 is 107. The van der Waals surface area contributed by atoms with Crippen LogP contribution in [0.1, 0.15) is 32.6 Å². The standard InChI is InChI=1S/C21H19F7O2/c1-2-3-11-4-7-17(29-10-11)21(27,28)30-16-6-5-13(18(24)20(16)26)12-8-14(22)19(25)15(23)9-12/h5-6,8-9,11,17H,2-4,7,10H2,1H3. The molecule has 164 valence electrons. The van der Waals surface area contributed by atoms with Crippen molar-refractivity contribution >= 4 is 0 Å². The quantitative estimate of drug-likeness (QED) is 0.375. The van der Waals surface area contributed by atoms with Crippen molar-refractivity contribution in [2.45, 2.75) is 44.8 Å². The lowest BCUT2D eigenvalue weighted by Crippen LogP contribution is -2.44. The van der Waals surface area contributed by atoms with Crippen LogP contribution in [-0.4, -0.2) is 18.8 Å². The summed E-state index contributed by atoms with van der Waals surface area (Å²) in [6.07, 6.45) is -3.31. The van der Waals surface area contributed by atoms with Crippen molar-refractivity contribution in [3.8, 4) is 16.9 Å². The van der Waals surface area contributed by atoms with Crippen LogP contribution in [0, 0.1) is 35.0 Å². The smallest absolute Gasteiger partial charge is 0.424 e. The molecule has 1 aliphatic heterocycles. The van der Waals surface area contributed by atoms with Crippen molar-refractivity contribution in [2.75, 3.05) is 6.61 Å². The van der Waals surface area contributed by atoms with Gasteiger partial charge in [0.05, 0.1) is 6.61 Å². The Morgan fingerprint density at radius 1 is 0.967 bits per heavy atom. The molecule has 2 aromatic carbocycles. The first-order valence-corrected chi connectivity index (χ1v) is 9.45. The molecule has 30 heavy (non-hydrogen) atoms. The third-order valence-electron chi connectivity index (χ3n) is 5.03. The second kappa shape index (κ2) is 8.83. The zero-order valence-corrected chi connectivity index (χ0v) is 16.0. The molecule has 0 N–H and O–H groups in total. The van der Waals surface area contributed by atoms with Gasteiger partial charge in [-0.05, 0) is 55.0 Å². The van der Waals surface area contributed by atoms with Gasteiger partial charge in [0.2, 0.25) is 5.82 Å². The summed E-state index contributed by atoms with van der Waals surface area (Å²) in [5.41, 5.74) is -1.14. The van der Waals surface area contributed by atoms with Crippen molar-refractivity contribution in [3.63, 3.8) is 0 Å². The van der Waals surface area contributed by atoms with Crippen LogP contribution in [0.4, 0.5) is 30.7 Å².